The summed E-state index contributed by atoms with van der Waals surface area (Å²) in [5, 5.41) is 0. The Bertz CT molecular complexity index is 179. The van der Waals surface area contributed by atoms with Crippen molar-refractivity contribution < 1.29 is 9.47 Å². The van der Waals surface area contributed by atoms with Crippen molar-refractivity contribution in [2.45, 2.75) is 46.5 Å². The summed E-state index contributed by atoms with van der Waals surface area (Å²) in [6, 6.07) is 0. The van der Waals surface area contributed by atoms with Crippen LogP contribution in [0.1, 0.15) is 34.1 Å². The average Bonchev–Trinajstić information content (AvgIpc) is 1.82. The van der Waals surface area contributed by atoms with Crippen LogP contribution in [0.25, 0.3) is 0 Å². The lowest BCUT2D eigenvalue weighted by molar-refractivity contribution is -0.223. The fourth-order valence-corrected chi connectivity index (χ4v) is 1.19. The van der Waals surface area contributed by atoms with E-state index in [1.54, 1.807) is 0 Å². The number of rotatable bonds is 0. The van der Waals surface area contributed by atoms with Gasteiger partial charge in [-0.2, -0.15) is 0 Å². The molecule has 0 amide bonds. The minimum absolute atomic E-state index is 0.0254. The third kappa shape index (κ3) is 2.24. The molecule has 0 saturated carbocycles. The Labute approximate surface area is 74.6 Å². The van der Waals surface area contributed by atoms with Crippen molar-refractivity contribution in [2.75, 3.05) is 0 Å². The van der Waals surface area contributed by atoms with Gasteiger partial charge in [-0.05, 0) is 6.92 Å². The second-order valence-corrected chi connectivity index (χ2v) is 4.51. The van der Waals surface area contributed by atoms with Gasteiger partial charge in [0.25, 0.3) is 0 Å². The second-order valence-electron chi connectivity index (χ2n) is 4.51. The van der Waals surface area contributed by atoms with Gasteiger partial charge in [0.1, 0.15) is 0 Å². The van der Waals surface area contributed by atoms with Crippen LogP contribution in [-0.4, -0.2) is 12.4 Å². The molecule has 12 heavy (non-hydrogen) atoms. The van der Waals surface area contributed by atoms with Crippen molar-refractivity contribution in [2.24, 2.45) is 5.41 Å². The molecule has 0 aromatic heterocycles. The minimum Gasteiger partial charge on any atom is -0.469 e. The van der Waals surface area contributed by atoms with Gasteiger partial charge in [0, 0.05) is 11.8 Å². The van der Waals surface area contributed by atoms with Crippen LogP contribution < -0.4 is 0 Å². The Hall–Kier alpha value is -0.500. The van der Waals surface area contributed by atoms with Crippen LogP contribution in [0.15, 0.2) is 12.3 Å². The molecule has 2 atom stereocenters. The predicted molar refractivity (Wildman–Crippen MR) is 48.6 cm³/mol. The van der Waals surface area contributed by atoms with Gasteiger partial charge in [0.15, 0.2) is 0 Å². The second kappa shape index (κ2) is 3.09. The molecule has 2 heteroatoms. The first-order chi connectivity index (χ1) is 5.39. The smallest absolute Gasteiger partial charge is 0.204 e. The number of hydrogen-bond acceptors (Lipinski definition) is 2. The quantitative estimate of drug-likeness (QED) is 0.556. The average molecular weight is 170 g/mol. The van der Waals surface area contributed by atoms with Gasteiger partial charge in [0.05, 0.1) is 11.9 Å². The molecule has 0 aromatic rings. The molecule has 1 fully saturated rings. The zero-order chi connectivity index (χ0) is 9.35. The van der Waals surface area contributed by atoms with Crippen LogP contribution in [0.5, 0.6) is 0 Å². The van der Waals surface area contributed by atoms with Crippen LogP contribution in [0.3, 0.4) is 0 Å². The predicted octanol–water partition coefficient (Wildman–Crippen LogP) is 2.70. The van der Waals surface area contributed by atoms with E-state index in [-0.39, 0.29) is 17.8 Å². The Morgan fingerprint density at radius 3 is 2.42 bits per heavy atom. The molecule has 0 bridgehead atoms. The number of hydrogen-bond donors (Lipinski definition) is 0. The molecule has 0 aromatic carbocycles. The highest BCUT2D eigenvalue weighted by Gasteiger charge is 2.32. The fourth-order valence-electron chi connectivity index (χ4n) is 1.19. The van der Waals surface area contributed by atoms with E-state index in [1.165, 1.54) is 0 Å². The largest absolute Gasteiger partial charge is 0.469 e. The molecular weight excluding hydrogens is 152 g/mol. The molecule has 1 saturated heterocycles. The Balaban J connectivity index is 2.62. The first-order valence-electron chi connectivity index (χ1n) is 4.39. The summed E-state index contributed by atoms with van der Waals surface area (Å²) in [6.45, 7) is 12.2. The maximum Gasteiger partial charge on any atom is 0.204 e. The molecule has 0 spiro atoms. The molecule has 1 rings (SSSR count). The van der Waals surface area contributed by atoms with Gasteiger partial charge in [-0.1, -0.05) is 27.4 Å². The zero-order valence-corrected chi connectivity index (χ0v) is 8.39. The third-order valence-corrected chi connectivity index (χ3v) is 1.85. The van der Waals surface area contributed by atoms with E-state index in [9.17, 15) is 0 Å². The monoisotopic (exact) mass is 170 g/mol. The van der Waals surface area contributed by atoms with E-state index < -0.39 is 0 Å². The molecule has 0 radical (unpaired) electrons. The van der Waals surface area contributed by atoms with Crippen molar-refractivity contribution in [1.29, 1.82) is 0 Å². The highest BCUT2D eigenvalue weighted by Crippen LogP contribution is 2.31. The van der Waals surface area contributed by atoms with Gasteiger partial charge in [0.2, 0.25) is 6.29 Å². The van der Waals surface area contributed by atoms with Crippen molar-refractivity contribution >= 4 is 0 Å². The normalized spacial score (nSPS) is 31.5. The highest BCUT2D eigenvalue weighted by atomic mass is 16.7. The van der Waals surface area contributed by atoms with Gasteiger partial charge in [-0.3, -0.25) is 0 Å². The van der Waals surface area contributed by atoms with E-state index in [0.29, 0.717) is 0 Å². The summed E-state index contributed by atoms with van der Waals surface area (Å²) in [5.74, 6) is 0.841. The first kappa shape index (κ1) is 9.59. The molecule has 1 aliphatic rings. The summed E-state index contributed by atoms with van der Waals surface area (Å²) < 4.78 is 11.1. The SMILES string of the molecule is C=C1C[C@H](C)O[C@H](C(C)(C)C)O1. The molecule has 0 aliphatic carbocycles. The van der Waals surface area contributed by atoms with Crippen LogP contribution >= 0.6 is 0 Å². The van der Waals surface area contributed by atoms with Gasteiger partial charge >= 0.3 is 0 Å². The minimum atomic E-state index is -0.145. The van der Waals surface area contributed by atoms with Crippen molar-refractivity contribution in [3.63, 3.8) is 0 Å². The Morgan fingerprint density at radius 2 is 2.00 bits per heavy atom. The van der Waals surface area contributed by atoms with Crippen LogP contribution in [-0.2, 0) is 9.47 Å². The first-order valence-corrected chi connectivity index (χ1v) is 4.39. The van der Waals surface area contributed by atoms with Crippen molar-refractivity contribution in [3.8, 4) is 0 Å². The lowest BCUT2D eigenvalue weighted by atomic mass is 9.95. The molecule has 1 aliphatic heterocycles. The van der Waals surface area contributed by atoms with Gasteiger partial charge in [-0.15, -0.1) is 0 Å². The van der Waals surface area contributed by atoms with Crippen LogP contribution in [0.2, 0.25) is 0 Å². The molecule has 0 unspecified atom stereocenters. The van der Waals surface area contributed by atoms with E-state index in [4.69, 9.17) is 9.47 Å². The number of ether oxygens (including phenoxy) is 2. The molecule has 70 valence electrons. The highest BCUT2D eigenvalue weighted by molar-refractivity contribution is 4.90. The Morgan fingerprint density at radius 1 is 1.42 bits per heavy atom. The summed E-state index contributed by atoms with van der Waals surface area (Å²) in [7, 11) is 0. The zero-order valence-electron chi connectivity index (χ0n) is 8.39. The van der Waals surface area contributed by atoms with Crippen LogP contribution in [0, 0.1) is 5.41 Å². The standard InChI is InChI=1S/C10H18O2/c1-7-6-8(2)12-9(11-7)10(3,4)5/h8-9H,1,6H2,2-5H3/t8-,9+/m0/s1. The third-order valence-electron chi connectivity index (χ3n) is 1.85. The molecular formula is C10H18O2. The summed E-state index contributed by atoms with van der Waals surface area (Å²) in [4.78, 5) is 0. The lowest BCUT2D eigenvalue weighted by Gasteiger charge is -2.37. The van der Waals surface area contributed by atoms with Crippen LogP contribution in [0.4, 0.5) is 0 Å². The summed E-state index contributed by atoms with van der Waals surface area (Å²) >= 11 is 0. The Kier molecular flexibility index (Phi) is 2.47. The van der Waals surface area contributed by atoms with E-state index in [2.05, 4.69) is 27.4 Å². The summed E-state index contributed by atoms with van der Waals surface area (Å²) in [6.07, 6.45) is 0.899. The maximum absolute atomic E-state index is 5.64. The maximum atomic E-state index is 5.64. The molecule has 1 heterocycles. The van der Waals surface area contributed by atoms with Gasteiger partial charge < -0.3 is 9.47 Å². The summed E-state index contributed by atoms with van der Waals surface area (Å²) in [5.41, 5.74) is 0.0254. The molecule has 0 N–H and O–H groups in total. The van der Waals surface area contributed by atoms with E-state index in [0.717, 1.165) is 12.2 Å². The van der Waals surface area contributed by atoms with E-state index in [1.807, 2.05) is 6.92 Å². The molecule has 2 nitrogen and oxygen atoms in total. The lowest BCUT2D eigenvalue weighted by Crippen LogP contribution is -2.38. The van der Waals surface area contributed by atoms with Crippen molar-refractivity contribution in [1.82, 2.24) is 0 Å². The van der Waals surface area contributed by atoms with Crippen molar-refractivity contribution in [3.05, 3.63) is 12.3 Å². The fraction of sp³-hybridized carbons (Fsp3) is 0.800. The van der Waals surface area contributed by atoms with E-state index >= 15 is 0 Å². The van der Waals surface area contributed by atoms with Gasteiger partial charge in [-0.25, -0.2) is 0 Å². The topological polar surface area (TPSA) is 18.5 Å².